The van der Waals surface area contributed by atoms with E-state index in [9.17, 15) is 4.79 Å². The van der Waals surface area contributed by atoms with Gasteiger partial charge >= 0.3 is 0 Å². The molecule has 4 rings (SSSR count). The van der Waals surface area contributed by atoms with Crippen molar-refractivity contribution in [1.82, 2.24) is 19.6 Å². The number of halogens is 1. The monoisotopic (exact) mass is 419 g/mol. The molecule has 6 nitrogen and oxygen atoms in total. The van der Waals surface area contributed by atoms with Crippen LogP contribution in [0.2, 0.25) is 5.02 Å². The van der Waals surface area contributed by atoms with E-state index in [1.54, 1.807) is 23.1 Å². The Labute approximate surface area is 180 Å². The third kappa shape index (κ3) is 4.78. The summed E-state index contributed by atoms with van der Waals surface area (Å²) < 4.78 is 3.70. The van der Waals surface area contributed by atoms with Gasteiger partial charge in [0, 0.05) is 22.5 Å². The molecule has 0 unspecified atom stereocenters. The summed E-state index contributed by atoms with van der Waals surface area (Å²) in [6, 6.07) is 17.2. The van der Waals surface area contributed by atoms with Crippen molar-refractivity contribution < 1.29 is 4.79 Å². The normalized spacial score (nSPS) is 10.9. The Morgan fingerprint density at radius 1 is 1.03 bits per heavy atom. The van der Waals surface area contributed by atoms with Gasteiger partial charge in [-0.05, 0) is 55.3 Å². The van der Waals surface area contributed by atoms with Gasteiger partial charge in [0.1, 0.15) is 0 Å². The number of carbonyl (C=O) groups is 1. The Morgan fingerprint density at radius 3 is 2.53 bits per heavy atom. The summed E-state index contributed by atoms with van der Waals surface area (Å²) in [6.45, 7) is 5.20. The van der Waals surface area contributed by atoms with Crippen LogP contribution in [0.4, 0.5) is 5.69 Å². The molecule has 1 amide bonds. The molecule has 2 aromatic carbocycles. The Bertz CT molecular complexity index is 1190. The van der Waals surface area contributed by atoms with Crippen molar-refractivity contribution in [2.24, 2.45) is 0 Å². The molecule has 0 spiro atoms. The van der Waals surface area contributed by atoms with E-state index in [2.05, 4.69) is 15.5 Å². The van der Waals surface area contributed by atoms with Crippen LogP contribution in [-0.4, -0.2) is 25.5 Å². The lowest BCUT2D eigenvalue weighted by Gasteiger charge is -2.07. The minimum Gasteiger partial charge on any atom is -0.319 e. The fourth-order valence-corrected chi connectivity index (χ4v) is 3.57. The maximum atomic E-state index is 12.7. The van der Waals surface area contributed by atoms with Gasteiger partial charge in [-0.15, -0.1) is 0 Å². The number of aryl methyl sites for hydroxylation is 2. The third-order valence-electron chi connectivity index (χ3n) is 4.75. The standard InChI is InChI=1S/C23H22ClN5O/c1-16-9-17(2)29(27-16)14-18-5-3-7-20(10-18)23(30)26-22-12-25-28(15-22)13-19-6-4-8-21(24)11-19/h3-12,15H,13-14H2,1-2H3,(H,26,30). The van der Waals surface area contributed by atoms with Crippen molar-refractivity contribution in [3.63, 3.8) is 0 Å². The average Bonchev–Trinajstić information content (AvgIpc) is 3.27. The van der Waals surface area contributed by atoms with E-state index in [1.165, 1.54) is 0 Å². The Balaban J connectivity index is 1.43. The predicted molar refractivity (Wildman–Crippen MR) is 118 cm³/mol. The van der Waals surface area contributed by atoms with Gasteiger partial charge in [-0.2, -0.15) is 10.2 Å². The van der Waals surface area contributed by atoms with E-state index in [4.69, 9.17) is 11.6 Å². The quantitative estimate of drug-likeness (QED) is 0.492. The van der Waals surface area contributed by atoms with E-state index in [1.807, 2.05) is 67.1 Å². The lowest BCUT2D eigenvalue weighted by molar-refractivity contribution is 0.102. The van der Waals surface area contributed by atoms with Gasteiger partial charge in [-0.25, -0.2) is 0 Å². The van der Waals surface area contributed by atoms with Gasteiger partial charge in [0.05, 0.1) is 30.7 Å². The number of carbonyl (C=O) groups excluding carboxylic acids is 1. The van der Waals surface area contributed by atoms with Crippen LogP contribution in [0.1, 0.15) is 32.9 Å². The highest BCUT2D eigenvalue weighted by Crippen LogP contribution is 2.15. The second-order valence-corrected chi connectivity index (χ2v) is 7.73. The minimum absolute atomic E-state index is 0.174. The number of benzene rings is 2. The molecule has 2 aromatic heterocycles. The first-order valence-electron chi connectivity index (χ1n) is 9.64. The number of hydrogen-bond donors (Lipinski definition) is 1. The molecule has 30 heavy (non-hydrogen) atoms. The van der Waals surface area contributed by atoms with Crippen molar-refractivity contribution >= 4 is 23.2 Å². The number of hydrogen-bond acceptors (Lipinski definition) is 3. The fraction of sp³-hybridized carbons (Fsp3) is 0.174. The van der Waals surface area contributed by atoms with Crippen molar-refractivity contribution in [1.29, 1.82) is 0 Å². The first-order chi connectivity index (χ1) is 14.5. The molecule has 152 valence electrons. The number of aromatic nitrogens is 4. The Kier molecular flexibility index (Phi) is 5.68. The van der Waals surface area contributed by atoms with Gasteiger partial charge in [-0.3, -0.25) is 14.2 Å². The zero-order chi connectivity index (χ0) is 21.1. The molecule has 0 aliphatic heterocycles. The Morgan fingerprint density at radius 2 is 1.80 bits per heavy atom. The molecular weight excluding hydrogens is 398 g/mol. The second kappa shape index (κ2) is 8.55. The van der Waals surface area contributed by atoms with Crippen LogP contribution in [0.15, 0.2) is 67.0 Å². The topological polar surface area (TPSA) is 64.7 Å². The average molecular weight is 420 g/mol. The molecule has 0 saturated carbocycles. The van der Waals surface area contributed by atoms with Crippen LogP contribution in [0.5, 0.6) is 0 Å². The van der Waals surface area contributed by atoms with Crippen LogP contribution < -0.4 is 5.32 Å². The molecular formula is C23H22ClN5O. The van der Waals surface area contributed by atoms with E-state index in [-0.39, 0.29) is 5.91 Å². The number of anilines is 1. The fourth-order valence-electron chi connectivity index (χ4n) is 3.36. The maximum absolute atomic E-state index is 12.7. The summed E-state index contributed by atoms with van der Waals surface area (Å²) in [5.41, 5.74) is 5.37. The lowest BCUT2D eigenvalue weighted by Crippen LogP contribution is -2.12. The summed E-state index contributed by atoms with van der Waals surface area (Å²) in [7, 11) is 0. The number of nitrogens with one attached hydrogen (secondary N) is 1. The maximum Gasteiger partial charge on any atom is 0.255 e. The van der Waals surface area contributed by atoms with Crippen molar-refractivity contribution in [3.8, 4) is 0 Å². The molecule has 4 aromatic rings. The van der Waals surface area contributed by atoms with Gasteiger partial charge in [0.15, 0.2) is 0 Å². The largest absolute Gasteiger partial charge is 0.319 e. The summed E-state index contributed by atoms with van der Waals surface area (Å²) in [4.78, 5) is 12.7. The van der Waals surface area contributed by atoms with Gasteiger partial charge in [-0.1, -0.05) is 35.9 Å². The van der Waals surface area contributed by atoms with Crippen LogP contribution in [0, 0.1) is 13.8 Å². The minimum atomic E-state index is -0.174. The van der Waals surface area contributed by atoms with Crippen LogP contribution in [-0.2, 0) is 13.1 Å². The first kappa shape index (κ1) is 19.9. The summed E-state index contributed by atoms with van der Waals surface area (Å²) in [6.07, 6.45) is 3.45. The summed E-state index contributed by atoms with van der Waals surface area (Å²) in [5, 5.41) is 12.4. The lowest BCUT2D eigenvalue weighted by atomic mass is 10.1. The van der Waals surface area contributed by atoms with Crippen LogP contribution in [0.3, 0.4) is 0 Å². The predicted octanol–water partition coefficient (Wildman–Crippen LogP) is 4.70. The molecule has 0 aliphatic carbocycles. The van der Waals surface area contributed by atoms with Gasteiger partial charge in [0.2, 0.25) is 0 Å². The zero-order valence-corrected chi connectivity index (χ0v) is 17.6. The number of nitrogens with zero attached hydrogens (tertiary/aromatic N) is 4. The van der Waals surface area contributed by atoms with Crippen LogP contribution in [0.25, 0.3) is 0 Å². The van der Waals surface area contributed by atoms with E-state index in [0.29, 0.717) is 29.4 Å². The van der Waals surface area contributed by atoms with E-state index >= 15 is 0 Å². The number of rotatable bonds is 6. The van der Waals surface area contributed by atoms with Crippen molar-refractivity contribution in [2.75, 3.05) is 5.32 Å². The first-order valence-corrected chi connectivity index (χ1v) is 10.0. The van der Waals surface area contributed by atoms with E-state index < -0.39 is 0 Å². The van der Waals surface area contributed by atoms with Crippen molar-refractivity contribution in [2.45, 2.75) is 26.9 Å². The van der Waals surface area contributed by atoms with E-state index in [0.717, 1.165) is 22.5 Å². The summed E-state index contributed by atoms with van der Waals surface area (Å²) in [5.74, 6) is -0.174. The molecule has 0 bridgehead atoms. The van der Waals surface area contributed by atoms with Crippen LogP contribution >= 0.6 is 11.6 Å². The summed E-state index contributed by atoms with van der Waals surface area (Å²) >= 11 is 6.03. The highest BCUT2D eigenvalue weighted by atomic mass is 35.5. The Hall–Kier alpha value is -3.38. The van der Waals surface area contributed by atoms with Gasteiger partial charge < -0.3 is 5.32 Å². The zero-order valence-electron chi connectivity index (χ0n) is 16.8. The molecule has 0 atom stereocenters. The van der Waals surface area contributed by atoms with Gasteiger partial charge in [0.25, 0.3) is 5.91 Å². The van der Waals surface area contributed by atoms with Crippen molar-refractivity contribution in [3.05, 3.63) is 100 Å². The number of amides is 1. The SMILES string of the molecule is Cc1cc(C)n(Cc2cccc(C(=O)Nc3cnn(Cc4cccc(Cl)c4)c3)c2)n1. The smallest absolute Gasteiger partial charge is 0.255 e. The molecule has 0 radical (unpaired) electrons. The highest BCUT2D eigenvalue weighted by molar-refractivity contribution is 6.30. The molecule has 0 aliphatic rings. The molecule has 2 heterocycles. The molecule has 0 fully saturated rings. The highest BCUT2D eigenvalue weighted by Gasteiger charge is 2.10. The third-order valence-corrected chi connectivity index (χ3v) is 4.98. The molecule has 7 heteroatoms. The molecule has 0 saturated heterocycles. The molecule has 1 N–H and O–H groups in total. The second-order valence-electron chi connectivity index (χ2n) is 7.30.